The fourth-order valence-corrected chi connectivity index (χ4v) is 1.58. The van der Waals surface area contributed by atoms with Crippen LogP contribution in [0, 0.1) is 5.82 Å². The Bertz CT molecular complexity index is 561. The first kappa shape index (κ1) is 16.4. The largest absolute Gasteiger partial charge is 0.480 e. The van der Waals surface area contributed by atoms with Crippen LogP contribution in [0.15, 0.2) is 18.2 Å². The molecule has 4 N–H and O–H groups in total. The van der Waals surface area contributed by atoms with Crippen LogP contribution in [0.25, 0.3) is 0 Å². The van der Waals surface area contributed by atoms with Gasteiger partial charge < -0.3 is 20.9 Å². The van der Waals surface area contributed by atoms with Gasteiger partial charge in [-0.05, 0) is 24.6 Å². The first-order chi connectivity index (χ1) is 9.85. The predicted molar refractivity (Wildman–Crippen MR) is 71.0 cm³/mol. The van der Waals surface area contributed by atoms with Crippen LogP contribution in [0.2, 0.25) is 0 Å². The molecule has 0 heterocycles. The van der Waals surface area contributed by atoms with Gasteiger partial charge in [-0.15, -0.1) is 0 Å². The van der Waals surface area contributed by atoms with E-state index in [1.54, 1.807) is 0 Å². The Labute approximate surface area is 119 Å². The lowest BCUT2D eigenvalue weighted by atomic mass is 10.1. The SMILES string of the molecule is COC(=O)CCC(NC(=O)c1cc(F)ccc1N)C(=O)O. The molecule has 0 radical (unpaired) electrons. The first-order valence-corrected chi connectivity index (χ1v) is 6.00. The normalized spacial score (nSPS) is 11.5. The molecule has 0 aliphatic heterocycles. The molecule has 1 rings (SSSR count). The summed E-state index contributed by atoms with van der Waals surface area (Å²) in [7, 11) is 1.17. The number of rotatable bonds is 6. The molecule has 0 aliphatic carbocycles. The van der Waals surface area contributed by atoms with Gasteiger partial charge in [0.1, 0.15) is 11.9 Å². The highest BCUT2D eigenvalue weighted by atomic mass is 19.1. The predicted octanol–water partition coefficient (Wildman–Crippen LogP) is 0.544. The van der Waals surface area contributed by atoms with Crippen molar-refractivity contribution < 1.29 is 28.6 Å². The number of hydrogen-bond donors (Lipinski definition) is 3. The summed E-state index contributed by atoms with van der Waals surface area (Å²) in [5, 5.41) is 11.2. The minimum atomic E-state index is -1.32. The van der Waals surface area contributed by atoms with Crippen molar-refractivity contribution in [3.05, 3.63) is 29.6 Å². The third-order valence-corrected chi connectivity index (χ3v) is 2.73. The lowest BCUT2D eigenvalue weighted by Crippen LogP contribution is -2.41. The maximum Gasteiger partial charge on any atom is 0.326 e. The lowest BCUT2D eigenvalue weighted by Gasteiger charge is -2.14. The molecule has 0 bridgehead atoms. The number of methoxy groups -OCH3 is 1. The number of esters is 1. The van der Waals surface area contributed by atoms with Crippen LogP contribution >= 0.6 is 0 Å². The summed E-state index contributed by atoms with van der Waals surface area (Å²) in [5.74, 6) is -3.41. The summed E-state index contributed by atoms with van der Waals surface area (Å²) >= 11 is 0. The van der Waals surface area contributed by atoms with Crippen LogP contribution in [0.5, 0.6) is 0 Å². The van der Waals surface area contributed by atoms with E-state index >= 15 is 0 Å². The number of nitrogen functional groups attached to an aromatic ring is 1. The second kappa shape index (κ2) is 7.22. The Hall–Kier alpha value is -2.64. The Morgan fingerprint density at radius 2 is 2.10 bits per heavy atom. The lowest BCUT2D eigenvalue weighted by molar-refractivity contribution is -0.142. The van der Waals surface area contributed by atoms with Crippen LogP contribution in [0.3, 0.4) is 0 Å². The van der Waals surface area contributed by atoms with Crippen LogP contribution < -0.4 is 11.1 Å². The van der Waals surface area contributed by atoms with E-state index in [-0.39, 0.29) is 24.1 Å². The number of benzene rings is 1. The molecule has 8 heteroatoms. The van der Waals surface area contributed by atoms with E-state index in [0.717, 1.165) is 12.1 Å². The molecular formula is C13H15FN2O5. The van der Waals surface area contributed by atoms with Crippen molar-refractivity contribution in [1.29, 1.82) is 0 Å². The smallest absolute Gasteiger partial charge is 0.326 e. The number of aliphatic carboxylic acids is 1. The molecule has 1 aromatic carbocycles. The third kappa shape index (κ3) is 4.75. The van der Waals surface area contributed by atoms with Gasteiger partial charge in [0.15, 0.2) is 0 Å². The van der Waals surface area contributed by atoms with Crippen molar-refractivity contribution in [3.63, 3.8) is 0 Å². The van der Waals surface area contributed by atoms with Crippen molar-refractivity contribution >= 4 is 23.5 Å². The van der Waals surface area contributed by atoms with Crippen molar-refractivity contribution in [1.82, 2.24) is 5.32 Å². The van der Waals surface area contributed by atoms with Gasteiger partial charge in [-0.2, -0.15) is 0 Å². The van der Waals surface area contributed by atoms with Crippen LogP contribution in [0.4, 0.5) is 10.1 Å². The number of amides is 1. The van der Waals surface area contributed by atoms with Crippen molar-refractivity contribution in [2.45, 2.75) is 18.9 Å². The molecule has 0 aliphatic rings. The molecular weight excluding hydrogens is 283 g/mol. The second-order valence-corrected chi connectivity index (χ2v) is 4.21. The van der Waals surface area contributed by atoms with Gasteiger partial charge in [-0.25, -0.2) is 9.18 Å². The van der Waals surface area contributed by atoms with Gasteiger partial charge in [-0.1, -0.05) is 0 Å². The number of anilines is 1. The van der Waals surface area contributed by atoms with Gasteiger partial charge in [0, 0.05) is 12.1 Å². The average Bonchev–Trinajstić information content (AvgIpc) is 2.44. The number of hydrogen-bond acceptors (Lipinski definition) is 5. The van der Waals surface area contributed by atoms with E-state index in [0.29, 0.717) is 0 Å². The number of nitrogens with one attached hydrogen (secondary N) is 1. The van der Waals surface area contributed by atoms with E-state index in [4.69, 9.17) is 10.8 Å². The van der Waals surface area contributed by atoms with Crippen LogP contribution in [-0.2, 0) is 14.3 Å². The highest BCUT2D eigenvalue weighted by Gasteiger charge is 2.23. The Morgan fingerprint density at radius 3 is 2.67 bits per heavy atom. The zero-order valence-corrected chi connectivity index (χ0v) is 11.3. The Kier molecular flexibility index (Phi) is 5.65. The number of carboxylic acids is 1. The standard InChI is InChI=1S/C13H15FN2O5/c1-21-11(17)5-4-10(13(19)20)16-12(18)8-6-7(14)2-3-9(8)15/h2-3,6,10H,4-5,15H2,1H3,(H,16,18)(H,19,20). The number of nitrogens with two attached hydrogens (primary N) is 1. The van der Waals surface area contributed by atoms with Gasteiger partial charge >= 0.3 is 11.9 Å². The second-order valence-electron chi connectivity index (χ2n) is 4.21. The quantitative estimate of drug-likeness (QED) is 0.521. The van der Waals surface area contributed by atoms with Gasteiger partial charge in [0.25, 0.3) is 5.91 Å². The topological polar surface area (TPSA) is 119 Å². The first-order valence-electron chi connectivity index (χ1n) is 6.00. The van der Waals surface area contributed by atoms with Gasteiger partial charge in [0.05, 0.1) is 12.7 Å². The van der Waals surface area contributed by atoms with E-state index in [2.05, 4.69) is 10.1 Å². The summed E-state index contributed by atoms with van der Waals surface area (Å²) in [5.41, 5.74) is 5.39. The summed E-state index contributed by atoms with van der Waals surface area (Å²) in [4.78, 5) is 34.0. The highest BCUT2D eigenvalue weighted by molar-refractivity contribution is 6.00. The molecule has 0 fully saturated rings. The van der Waals surface area contributed by atoms with Gasteiger partial charge in [0.2, 0.25) is 0 Å². The van der Waals surface area contributed by atoms with Crippen molar-refractivity contribution in [2.75, 3.05) is 12.8 Å². The number of carboxylic acid groups (broad SMARTS) is 1. The Morgan fingerprint density at radius 1 is 1.43 bits per heavy atom. The fraction of sp³-hybridized carbons (Fsp3) is 0.308. The zero-order chi connectivity index (χ0) is 16.0. The maximum absolute atomic E-state index is 13.1. The summed E-state index contributed by atoms with van der Waals surface area (Å²) in [6, 6.07) is 1.88. The monoisotopic (exact) mass is 298 g/mol. The van der Waals surface area contributed by atoms with Crippen LogP contribution in [0.1, 0.15) is 23.2 Å². The molecule has 0 saturated carbocycles. The molecule has 7 nitrogen and oxygen atoms in total. The van der Waals surface area contributed by atoms with Crippen molar-refractivity contribution in [2.24, 2.45) is 0 Å². The molecule has 114 valence electrons. The number of ether oxygens (including phenoxy) is 1. The molecule has 1 aromatic rings. The number of halogens is 1. The molecule has 0 aromatic heterocycles. The maximum atomic E-state index is 13.1. The Balaban J connectivity index is 2.79. The molecule has 1 atom stereocenters. The molecule has 0 saturated heterocycles. The summed E-state index contributed by atoms with van der Waals surface area (Å²) < 4.78 is 17.5. The third-order valence-electron chi connectivity index (χ3n) is 2.73. The molecule has 1 unspecified atom stereocenters. The van der Waals surface area contributed by atoms with E-state index in [9.17, 15) is 18.8 Å². The zero-order valence-electron chi connectivity index (χ0n) is 11.3. The fourth-order valence-electron chi connectivity index (χ4n) is 1.58. The van der Waals surface area contributed by atoms with E-state index in [1.807, 2.05) is 0 Å². The number of carbonyl (C=O) groups excluding carboxylic acids is 2. The van der Waals surface area contributed by atoms with Crippen LogP contribution in [-0.4, -0.2) is 36.1 Å². The molecule has 1 amide bonds. The number of carbonyl (C=O) groups is 3. The minimum absolute atomic E-state index is 0.0195. The summed E-state index contributed by atoms with van der Waals surface area (Å²) in [6.07, 6.45) is -0.324. The van der Waals surface area contributed by atoms with Crippen molar-refractivity contribution in [3.8, 4) is 0 Å². The summed E-state index contributed by atoms with van der Waals surface area (Å²) in [6.45, 7) is 0. The van der Waals surface area contributed by atoms with E-state index in [1.165, 1.54) is 13.2 Å². The minimum Gasteiger partial charge on any atom is -0.480 e. The molecule has 0 spiro atoms. The highest BCUT2D eigenvalue weighted by Crippen LogP contribution is 2.14. The average molecular weight is 298 g/mol. The molecule has 21 heavy (non-hydrogen) atoms. The van der Waals surface area contributed by atoms with Gasteiger partial charge in [-0.3, -0.25) is 9.59 Å². The van der Waals surface area contributed by atoms with E-state index < -0.39 is 29.7 Å².